The summed E-state index contributed by atoms with van der Waals surface area (Å²) < 4.78 is 22.2. The van der Waals surface area contributed by atoms with Crippen molar-refractivity contribution >= 4 is 16.9 Å². The quantitative estimate of drug-likeness (QED) is 0.445. The minimum Gasteiger partial charge on any atom is -0.493 e. The molecule has 2 aromatic heterocycles. The molecule has 0 aliphatic rings. The van der Waals surface area contributed by atoms with Crippen molar-refractivity contribution in [2.75, 3.05) is 14.2 Å². The zero-order chi connectivity index (χ0) is 22.0. The number of nitrogens with zero attached hydrogens (tertiary/aromatic N) is 1. The first-order chi connectivity index (χ1) is 15.0. The smallest absolute Gasteiger partial charge is 0.345 e. The fourth-order valence-electron chi connectivity index (χ4n) is 3.18. The largest absolute Gasteiger partial charge is 0.493 e. The molecule has 0 fully saturated rings. The third-order valence-electron chi connectivity index (χ3n) is 4.74. The lowest BCUT2D eigenvalue weighted by Crippen LogP contribution is -2.16. The SMILES string of the molecule is COc1ccc(-c2oc3cc(C)ccc3c(=O)c2OC(=O)c2cccnc2)cc1OC. The molecule has 0 atom stereocenters. The zero-order valence-corrected chi connectivity index (χ0v) is 17.2. The molecule has 0 radical (unpaired) electrons. The third-order valence-corrected chi connectivity index (χ3v) is 4.74. The second kappa shape index (κ2) is 8.31. The standard InChI is InChI=1S/C24H19NO6/c1-14-6-8-17-19(11-14)30-22(15-7-9-18(28-2)20(12-15)29-3)23(21(17)26)31-24(27)16-5-4-10-25-13-16/h4-13H,1-3H3. The molecule has 0 N–H and O–H groups in total. The average molecular weight is 417 g/mol. The van der Waals surface area contributed by atoms with Crippen molar-refractivity contribution in [3.63, 3.8) is 0 Å². The Morgan fingerprint density at radius 3 is 2.52 bits per heavy atom. The Hall–Kier alpha value is -4.13. The Morgan fingerprint density at radius 2 is 1.81 bits per heavy atom. The van der Waals surface area contributed by atoms with Crippen LogP contribution in [0.1, 0.15) is 15.9 Å². The molecule has 31 heavy (non-hydrogen) atoms. The van der Waals surface area contributed by atoms with Gasteiger partial charge >= 0.3 is 5.97 Å². The molecule has 0 amide bonds. The van der Waals surface area contributed by atoms with Crippen molar-refractivity contribution in [1.82, 2.24) is 4.98 Å². The van der Waals surface area contributed by atoms with Crippen molar-refractivity contribution in [2.24, 2.45) is 0 Å². The molecule has 2 heterocycles. The summed E-state index contributed by atoms with van der Waals surface area (Å²) >= 11 is 0. The molecule has 0 aliphatic heterocycles. The maximum absolute atomic E-state index is 13.3. The highest BCUT2D eigenvalue weighted by Gasteiger charge is 2.22. The Kier molecular flexibility index (Phi) is 5.41. The van der Waals surface area contributed by atoms with Gasteiger partial charge < -0.3 is 18.6 Å². The highest BCUT2D eigenvalue weighted by Crippen LogP contribution is 2.37. The predicted molar refractivity (Wildman–Crippen MR) is 115 cm³/mol. The molecule has 0 spiro atoms. The average Bonchev–Trinajstić information content (AvgIpc) is 2.80. The van der Waals surface area contributed by atoms with Crippen molar-refractivity contribution in [3.8, 4) is 28.6 Å². The van der Waals surface area contributed by atoms with Crippen molar-refractivity contribution in [2.45, 2.75) is 6.92 Å². The van der Waals surface area contributed by atoms with E-state index in [-0.39, 0.29) is 17.1 Å². The van der Waals surface area contributed by atoms with E-state index >= 15 is 0 Å². The van der Waals surface area contributed by atoms with E-state index in [1.807, 2.05) is 6.92 Å². The van der Waals surface area contributed by atoms with Gasteiger partial charge in [0.2, 0.25) is 11.2 Å². The number of hydrogen-bond donors (Lipinski definition) is 0. The number of carbonyl (C=O) groups is 1. The number of fused-ring (bicyclic) bond motifs is 1. The van der Waals surface area contributed by atoms with Crippen LogP contribution in [-0.2, 0) is 0 Å². The molecular weight excluding hydrogens is 398 g/mol. The van der Waals surface area contributed by atoms with Gasteiger partial charge in [0.15, 0.2) is 17.3 Å². The molecule has 0 aliphatic carbocycles. The fraction of sp³-hybridized carbons (Fsp3) is 0.125. The Bertz CT molecular complexity index is 1330. The predicted octanol–water partition coefficient (Wildman–Crippen LogP) is 4.40. The lowest BCUT2D eigenvalue weighted by atomic mass is 10.1. The lowest BCUT2D eigenvalue weighted by Gasteiger charge is -2.13. The number of aromatic nitrogens is 1. The molecule has 0 bridgehead atoms. The van der Waals surface area contributed by atoms with Crippen LogP contribution in [0.4, 0.5) is 0 Å². The number of benzene rings is 2. The van der Waals surface area contributed by atoms with E-state index in [1.54, 1.807) is 54.7 Å². The first-order valence-electron chi connectivity index (χ1n) is 9.44. The van der Waals surface area contributed by atoms with Crippen LogP contribution in [0.2, 0.25) is 0 Å². The van der Waals surface area contributed by atoms with E-state index in [0.717, 1.165) is 5.56 Å². The van der Waals surface area contributed by atoms with Crippen molar-refractivity contribution in [1.29, 1.82) is 0 Å². The number of esters is 1. The Balaban J connectivity index is 1.93. The van der Waals surface area contributed by atoms with Crippen LogP contribution in [0, 0.1) is 6.92 Å². The number of pyridine rings is 1. The van der Waals surface area contributed by atoms with Gasteiger partial charge in [-0.2, -0.15) is 0 Å². The molecule has 0 saturated heterocycles. The first kappa shape index (κ1) is 20.2. The summed E-state index contributed by atoms with van der Waals surface area (Å²) in [4.78, 5) is 29.9. The summed E-state index contributed by atoms with van der Waals surface area (Å²) in [6.45, 7) is 1.89. The van der Waals surface area contributed by atoms with Crippen molar-refractivity contribution in [3.05, 3.63) is 82.3 Å². The fourth-order valence-corrected chi connectivity index (χ4v) is 3.18. The minimum atomic E-state index is -0.714. The maximum atomic E-state index is 13.3. The molecule has 0 unspecified atom stereocenters. The maximum Gasteiger partial charge on any atom is 0.345 e. The van der Waals surface area contributed by atoms with Crippen LogP contribution in [0.25, 0.3) is 22.3 Å². The van der Waals surface area contributed by atoms with Crippen LogP contribution < -0.4 is 19.6 Å². The van der Waals surface area contributed by atoms with Crippen LogP contribution >= 0.6 is 0 Å². The topological polar surface area (TPSA) is 87.9 Å². The van der Waals surface area contributed by atoms with Gasteiger partial charge in [0.05, 0.1) is 25.2 Å². The molecule has 4 aromatic rings. The zero-order valence-electron chi connectivity index (χ0n) is 17.2. The number of carbonyl (C=O) groups excluding carboxylic acids is 1. The van der Waals surface area contributed by atoms with Crippen LogP contribution in [0.3, 0.4) is 0 Å². The molecular formula is C24H19NO6. The van der Waals surface area contributed by atoms with Gasteiger partial charge in [-0.25, -0.2) is 4.79 Å². The summed E-state index contributed by atoms with van der Waals surface area (Å²) in [6.07, 6.45) is 2.91. The second-order valence-electron chi connectivity index (χ2n) is 6.79. The third kappa shape index (κ3) is 3.85. The van der Waals surface area contributed by atoms with Crippen molar-refractivity contribution < 1.29 is 23.4 Å². The summed E-state index contributed by atoms with van der Waals surface area (Å²) in [5.41, 5.74) is 1.56. The van der Waals surface area contributed by atoms with E-state index in [4.69, 9.17) is 18.6 Å². The van der Waals surface area contributed by atoms with Gasteiger partial charge in [0.1, 0.15) is 5.58 Å². The molecule has 4 rings (SSSR count). The second-order valence-corrected chi connectivity index (χ2v) is 6.79. The Labute approximate surface area is 177 Å². The number of rotatable bonds is 5. The molecule has 2 aromatic carbocycles. The highest BCUT2D eigenvalue weighted by atomic mass is 16.5. The molecule has 0 saturated carbocycles. The monoisotopic (exact) mass is 417 g/mol. The number of aryl methyl sites for hydroxylation is 1. The van der Waals surface area contributed by atoms with Gasteiger partial charge in [-0.3, -0.25) is 9.78 Å². The van der Waals surface area contributed by atoms with Gasteiger partial charge in [0.25, 0.3) is 0 Å². The van der Waals surface area contributed by atoms with Gasteiger partial charge in [0, 0.05) is 18.0 Å². The van der Waals surface area contributed by atoms with Crippen LogP contribution in [0.5, 0.6) is 17.2 Å². The minimum absolute atomic E-state index is 0.112. The van der Waals surface area contributed by atoms with Gasteiger partial charge in [-0.1, -0.05) is 6.07 Å². The number of ether oxygens (including phenoxy) is 3. The number of hydrogen-bond acceptors (Lipinski definition) is 7. The van der Waals surface area contributed by atoms with E-state index < -0.39 is 11.4 Å². The molecule has 7 heteroatoms. The van der Waals surface area contributed by atoms with E-state index in [1.165, 1.54) is 20.4 Å². The Morgan fingerprint density at radius 1 is 1.00 bits per heavy atom. The van der Waals surface area contributed by atoms with E-state index in [2.05, 4.69) is 4.98 Å². The molecule has 7 nitrogen and oxygen atoms in total. The lowest BCUT2D eigenvalue weighted by molar-refractivity contribution is 0.0731. The van der Waals surface area contributed by atoms with E-state index in [9.17, 15) is 9.59 Å². The summed E-state index contributed by atoms with van der Waals surface area (Å²) in [7, 11) is 3.03. The van der Waals surface area contributed by atoms with E-state index in [0.29, 0.717) is 28.0 Å². The van der Waals surface area contributed by atoms with Gasteiger partial charge in [-0.15, -0.1) is 0 Å². The summed E-state index contributed by atoms with van der Waals surface area (Å²) in [5.74, 6) is 0.142. The van der Waals surface area contributed by atoms with Crippen LogP contribution in [-0.4, -0.2) is 25.2 Å². The summed E-state index contributed by atoms with van der Waals surface area (Å²) in [6, 6.07) is 13.4. The highest BCUT2D eigenvalue weighted by molar-refractivity contribution is 5.92. The molecule has 156 valence electrons. The summed E-state index contributed by atoms with van der Waals surface area (Å²) in [5, 5.41) is 0.309. The van der Waals surface area contributed by atoms with Gasteiger partial charge in [-0.05, 0) is 55.0 Å². The first-order valence-corrected chi connectivity index (χ1v) is 9.44. The van der Waals surface area contributed by atoms with Crippen LogP contribution in [0.15, 0.2) is 70.1 Å². The number of methoxy groups -OCH3 is 2. The normalized spacial score (nSPS) is 10.7.